The summed E-state index contributed by atoms with van der Waals surface area (Å²) in [5.41, 5.74) is 11.6. The average Bonchev–Trinajstić information content (AvgIpc) is 3.83. The van der Waals surface area contributed by atoms with E-state index in [1.807, 2.05) is 0 Å². The molecule has 0 fully saturated rings. The van der Waals surface area contributed by atoms with Crippen LogP contribution in [0.15, 0.2) is 133 Å². The van der Waals surface area contributed by atoms with Crippen LogP contribution in [0, 0.1) is 0 Å². The first-order valence-corrected chi connectivity index (χ1v) is 15.8. The number of rotatable bonds is 1. The molecule has 0 spiro atoms. The van der Waals surface area contributed by atoms with E-state index in [1.54, 1.807) is 0 Å². The van der Waals surface area contributed by atoms with Gasteiger partial charge in [0, 0.05) is 48.7 Å². The molecule has 0 saturated carbocycles. The van der Waals surface area contributed by atoms with E-state index in [0.717, 1.165) is 27.6 Å². The number of benzene rings is 7. The predicted molar refractivity (Wildman–Crippen MR) is 190 cm³/mol. The first kappa shape index (κ1) is 23.2. The molecule has 4 aromatic heterocycles. The zero-order chi connectivity index (χ0) is 29.7. The maximum absolute atomic E-state index is 5.45. The van der Waals surface area contributed by atoms with E-state index in [2.05, 4.69) is 142 Å². The van der Waals surface area contributed by atoms with E-state index in [-0.39, 0.29) is 0 Å². The number of hydrogen-bond donors (Lipinski definition) is 0. The van der Waals surface area contributed by atoms with Crippen molar-refractivity contribution in [2.75, 3.05) is 0 Å². The Bertz CT molecular complexity index is 3140. The first-order chi connectivity index (χ1) is 22.8. The molecule has 4 heterocycles. The van der Waals surface area contributed by atoms with Crippen molar-refractivity contribution < 1.29 is 0 Å². The number of aromatic nitrogens is 4. The molecule has 0 bridgehead atoms. The van der Waals surface area contributed by atoms with Crippen LogP contribution >= 0.6 is 0 Å². The molecular formula is C42H22N4. The summed E-state index contributed by atoms with van der Waals surface area (Å²) in [6.45, 7) is 0. The zero-order valence-corrected chi connectivity index (χ0v) is 24.5. The van der Waals surface area contributed by atoms with Crippen LogP contribution in [0.3, 0.4) is 0 Å². The maximum atomic E-state index is 5.45. The number of fused-ring (bicyclic) bond motifs is 15. The molecule has 0 radical (unpaired) electrons. The second-order valence-electron chi connectivity index (χ2n) is 12.5. The van der Waals surface area contributed by atoms with Gasteiger partial charge in [-0.2, -0.15) is 0 Å². The third-order valence-corrected chi connectivity index (χ3v) is 10.4. The van der Waals surface area contributed by atoms with Gasteiger partial charge in [0.05, 0.1) is 38.8 Å². The van der Waals surface area contributed by atoms with Gasteiger partial charge in [-0.05, 0) is 40.8 Å². The molecule has 210 valence electrons. The topological polar surface area (TPSA) is 35.1 Å². The third kappa shape index (κ3) is 2.57. The fourth-order valence-corrected chi connectivity index (χ4v) is 8.59. The fourth-order valence-electron chi connectivity index (χ4n) is 8.59. The van der Waals surface area contributed by atoms with Crippen molar-refractivity contribution in [3.05, 3.63) is 133 Å². The molecular weight excluding hydrogens is 560 g/mol. The average molecular weight is 583 g/mol. The minimum Gasteiger partial charge on any atom is -0.308 e. The van der Waals surface area contributed by atoms with Gasteiger partial charge in [-0.1, -0.05) is 109 Å². The Morgan fingerprint density at radius 2 is 1.13 bits per heavy atom. The fraction of sp³-hybridized carbons (Fsp3) is 0. The Labute approximate surface area is 261 Å². The predicted octanol–water partition coefficient (Wildman–Crippen LogP) is 10.7. The molecule has 0 amide bonds. The molecule has 1 aliphatic carbocycles. The van der Waals surface area contributed by atoms with E-state index >= 15 is 0 Å². The molecule has 0 atom stereocenters. The molecule has 7 aromatic carbocycles. The minimum absolute atomic E-state index is 0.703. The van der Waals surface area contributed by atoms with E-state index in [1.165, 1.54) is 76.3 Å². The summed E-state index contributed by atoms with van der Waals surface area (Å²) < 4.78 is 4.81. The molecule has 0 unspecified atom stereocenters. The largest absolute Gasteiger partial charge is 0.308 e. The molecule has 4 nitrogen and oxygen atoms in total. The number of hydrogen-bond acceptors (Lipinski definition) is 2. The quantitative estimate of drug-likeness (QED) is 0.193. The lowest BCUT2D eigenvalue weighted by molar-refractivity contribution is 1.02. The lowest BCUT2D eigenvalue weighted by atomic mass is 10.0. The highest BCUT2D eigenvalue weighted by Gasteiger charge is 2.28. The lowest BCUT2D eigenvalue weighted by Crippen LogP contribution is -2.03. The van der Waals surface area contributed by atoms with Crippen LogP contribution in [0.25, 0.3) is 110 Å². The molecule has 0 aliphatic heterocycles. The van der Waals surface area contributed by atoms with E-state index in [0.29, 0.717) is 5.95 Å². The van der Waals surface area contributed by atoms with Crippen LogP contribution in [0.5, 0.6) is 0 Å². The summed E-state index contributed by atoms with van der Waals surface area (Å²) in [4.78, 5) is 10.8. The number of nitrogens with zero attached hydrogens (tertiary/aromatic N) is 4. The molecule has 0 saturated heterocycles. The van der Waals surface area contributed by atoms with Gasteiger partial charge in [-0.3, -0.25) is 4.57 Å². The Morgan fingerprint density at radius 1 is 0.413 bits per heavy atom. The van der Waals surface area contributed by atoms with Crippen molar-refractivity contribution in [2.24, 2.45) is 0 Å². The Morgan fingerprint density at radius 3 is 2.02 bits per heavy atom. The molecule has 0 N–H and O–H groups in total. The van der Waals surface area contributed by atoms with Crippen LogP contribution in [0.4, 0.5) is 0 Å². The van der Waals surface area contributed by atoms with Crippen LogP contribution < -0.4 is 0 Å². The smallest absolute Gasteiger partial charge is 0.235 e. The standard InChI is InChI=1S/C42H22N4/c1-2-11-24-23(10-1)20-21-30-37-35(22-31-26-13-5-7-18-33(26)45-34-19-8-6-15-29(34)38(37)41(31)45)46(40(24)30)42-43-32-17-9-16-27-25-12-3-4-14-28(25)39(44-42)36(27)32/h1-22H. The van der Waals surface area contributed by atoms with Crippen molar-refractivity contribution in [2.45, 2.75) is 0 Å². The van der Waals surface area contributed by atoms with Crippen molar-refractivity contribution in [1.82, 2.24) is 18.9 Å². The van der Waals surface area contributed by atoms with Crippen LogP contribution in [0.1, 0.15) is 0 Å². The highest BCUT2D eigenvalue weighted by molar-refractivity contribution is 6.37. The summed E-state index contributed by atoms with van der Waals surface area (Å²) in [5.74, 6) is 0.703. The highest BCUT2D eigenvalue weighted by Crippen LogP contribution is 2.49. The van der Waals surface area contributed by atoms with Gasteiger partial charge >= 0.3 is 0 Å². The van der Waals surface area contributed by atoms with E-state index in [9.17, 15) is 0 Å². The summed E-state index contributed by atoms with van der Waals surface area (Å²) >= 11 is 0. The van der Waals surface area contributed by atoms with Crippen molar-refractivity contribution in [3.63, 3.8) is 0 Å². The van der Waals surface area contributed by atoms with Crippen molar-refractivity contribution >= 4 is 81.6 Å². The Hall–Kier alpha value is -6.26. The van der Waals surface area contributed by atoms with Crippen LogP contribution in [-0.4, -0.2) is 18.9 Å². The van der Waals surface area contributed by atoms with Gasteiger partial charge in [0.15, 0.2) is 0 Å². The van der Waals surface area contributed by atoms with Crippen molar-refractivity contribution in [3.8, 4) is 28.3 Å². The summed E-state index contributed by atoms with van der Waals surface area (Å²) in [7, 11) is 0. The van der Waals surface area contributed by atoms with Gasteiger partial charge in [-0.15, -0.1) is 0 Å². The molecule has 4 heteroatoms. The Kier molecular flexibility index (Phi) is 3.96. The van der Waals surface area contributed by atoms with Gasteiger partial charge in [0.2, 0.25) is 5.95 Å². The van der Waals surface area contributed by atoms with Crippen molar-refractivity contribution in [1.29, 1.82) is 0 Å². The van der Waals surface area contributed by atoms with E-state index in [4.69, 9.17) is 9.97 Å². The normalized spacial score (nSPS) is 12.8. The van der Waals surface area contributed by atoms with Crippen LogP contribution in [0.2, 0.25) is 0 Å². The van der Waals surface area contributed by atoms with Crippen LogP contribution in [-0.2, 0) is 0 Å². The second kappa shape index (κ2) is 7.87. The summed E-state index contributed by atoms with van der Waals surface area (Å²) in [6, 6.07) is 48.4. The van der Waals surface area contributed by atoms with Gasteiger partial charge in [-0.25, -0.2) is 9.97 Å². The molecule has 1 aliphatic rings. The summed E-state index contributed by atoms with van der Waals surface area (Å²) in [5, 5.41) is 11.1. The second-order valence-corrected chi connectivity index (χ2v) is 12.5. The van der Waals surface area contributed by atoms with Gasteiger partial charge in [0.25, 0.3) is 0 Å². The van der Waals surface area contributed by atoms with Gasteiger partial charge in [0.1, 0.15) is 0 Å². The lowest BCUT2D eigenvalue weighted by Gasteiger charge is -2.11. The highest BCUT2D eigenvalue weighted by atomic mass is 15.2. The zero-order valence-electron chi connectivity index (χ0n) is 24.5. The summed E-state index contributed by atoms with van der Waals surface area (Å²) in [6.07, 6.45) is 0. The van der Waals surface area contributed by atoms with E-state index < -0.39 is 0 Å². The molecule has 46 heavy (non-hydrogen) atoms. The SMILES string of the molecule is c1ccc2c(c1)-c1cccc3nc(-n4c5cc6c7ccccc7n7c8ccccc8c(c5c5ccc8ccccc8c54)c67)nc-2c13. The van der Waals surface area contributed by atoms with Gasteiger partial charge < -0.3 is 4.40 Å². The number of para-hydroxylation sites is 2. The molecule has 11 aromatic rings. The maximum Gasteiger partial charge on any atom is 0.235 e. The minimum atomic E-state index is 0.703. The first-order valence-electron chi connectivity index (χ1n) is 15.8. The third-order valence-electron chi connectivity index (χ3n) is 10.4. The Balaban J connectivity index is 1.37. The molecule has 12 rings (SSSR count). The monoisotopic (exact) mass is 582 g/mol.